The van der Waals surface area contributed by atoms with Gasteiger partial charge in [0.2, 0.25) is 11.8 Å². The minimum absolute atomic E-state index is 0.0563. The molecule has 3 fully saturated rings. The van der Waals surface area contributed by atoms with E-state index in [9.17, 15) is 9.59 Å². The first-order chi connectivity index (χ1) is 11.6. The van der Waals surface area contributed by atoms with Gasteiger partial charge in [0.05, 0.1) is 6.42 Å². The third-order valence-corrected chi connectivity index (χ3v) is 5.91. The molecule has 0 aromatic heterocycles. The molecule has 24 heavy (non-hydrogen) atoms. The summed E-state index contributed by atoms with van der Waals surface area (Å²) in [5.74, 6) is 0.258. The standard InChI is InChI=1S/C19H23ClN2O2/c20-15-5-1-4-14(12-15)13-17(23)22-11-3-9-19(22)8-2-10-21(18(19)24)16-6-7-16/h1,4-5,12,16H,2-3,6-11,13H2. The molecule has 2 aliphatic heterocycles. The fourth-order valence-electron chi connectivity index (χ4n) is 4.39. The Balaban J connectivity index is 1.55. The van der Waals surface area contributed by atoms with Crippen LogP contribution in [0.25, 0.3) is 0 Å². The van der Waals surface area contributed by atoms with Crippen molar-refractivity contribution >= 4 is 23.4 Å². The van der Waals surface area contributed by atoms with Gasteiger partial charge in [-0.25, -0.2) is 0 Å². The number of piperidine rings is 1. The maximum atomic E-state index is 13.2. The van der Waals surface area contributed by atoms with Crippen molar-refractivity contribution in [2.24, 2.45) is 0 Å². The Bertz CT molecular complexity index is 673. The molecule has 1 unspecified atom stereocenters. The Morgan fingerprint density at radius 1 is 1.21 bits per heavy atom. The third-order valence-electron chi connectivity index (χ3n) is 5.67. The number of nitrogens with zero attached hydrogens (tertiary/aromatic N) is 2. The number of carbonyl (C=O) groups is 2. The third kappa shape index (κ3) is 2.71. The second-order valence-electron chi connectivity index (χ2n) is 7.32. The van der Waals surface area contributed by atoms with Gasteiger partial charge in [-0.05, 0) is 56.2 Å². The lowest BCUT2D eigenvalue weighted by Gasteiger charge is -2.44. The predicted octanol–water partition coefficient (Wildman–Crippen LogP) is 3.03. The van der Waals surface area contributed by atoms with E-state index in [0.29, 0.717) is 24.0 Å². The molecule has 5 heteroatoms. The quantitative estimate of drug-likeness (QED) is 0.844. The molecule has 0 bridgehead atoms. The van der Waals surface area contributed by atoms with Gasteiger partial charge in [-0.3, -0.25) is 9.59 Å². The molecule has 1 aliphatic carbocycles. The maximum absolute atomic E-state index is 13.2. The molecule has 1 atom stereocenters. The molecule has 3 aliphatic rings. The normalized spacial score (nSPS) is 27.1. The van der Waals surface area contributed by atoms with Crippen molar-refractivity contribution < 1.29 is 9.59 Å². The van der Waals surface area contributed by atoms with Crippen LogP contribution in [0.4, 0.5) is 0 Å². The van der Waals surface area contributed by atoms with Crippen molar-refractivity contribution in [1.82, 2.24) is 9.80 Å². The first-order valence-corrected chi connectivity index (χ1v) is 9.34. The van der Waals surface area contributed by atoms with E-state index in [1.807, 2.05) is 29.2 Å². The van der Waals surface area contributed by atoms with Gasteiger partial charge in [0.1, 0.15) is 5.54 Å². The van der Waals surface area contributed by atoms with Crippen LogP contribution in [-0.4, -0.2) is 46.3 Å². The number of halogens is 1. The summed E-state index contributed by atoms with van der Waals surface area (Å²) >= 11 is 6.03. The summed E-state index contributed by atoms with van der Waals surface area (Å²) in [5, 5.41) is 0.644. The topological polar surface area (TPSA) is 40.6 Å². The molecule has 128 valence electrons. The number of benzene rings is 1. The molecule has 4 rings (SSSR count). The van der Waals surface area contributed by atoms with Crippen LogP contribution >= 0.6 is 11.6 Å². The minimum atomic E-state index is -0.573. The number of hydrogen-bond acceptors (Lipinski definition) is 2. The van der Waals surface area contributed by atoms with E-state index in [1.54, 1.807) is 0 Å². The number of carbonyl (C=O) groups excluding carboxylic acids is 2. The van der Waals surface area contributed by atoms with Gasteiger partial charge >= 0.3 is 0 Å². The Morgan fingerprint density at radius 3 is 2.67 bits per heavy atom. The van der Waals surface area contributed by atoms with Gasteiger partial charge < -0.3 is 9.80 Å². The largest absolute Gasteiger partial charge is 0.338 e. The Morgan fingerprint density at radius 2 is 1.96 bits per heavy atom. The highest BCUT2D eigenvalue weighted by atomic mass is 35.5. The number of likely N-dealkylation sites (tertiary alicyclic amines) is 2. The van der Waals surface area contributed by atoms with Crippen LogP contribution < -0.4 is 0 Å². The number of hydrogen-bond donors (Lipinski definition) is 0. The summed E-state index contributed by atoms with van der Waals surface area (Å²) in [6.07, 6.45) is 6.12. The summed E-state index contributed by atoms with van der Waals surface area (Å²) in [6.45, 7) is 1.56. The summed E-state index contributed by atoms with van der Waals surface area (Å²) in [4.78, 5) is 30.0. The maximum Gasteiger partial charge on any atom is 0.248 e. The molecule has 4 nitrogen and oxygen atoms in total. The van der Waals surface area contributed by atoms with E-state index in [-0.39, 0.29) is 11.8 Å². The second kappa shape index (κ2) is 6.07. The van der Waals surface area contributed by atoms with E-state index in [0.717, 1.165) is 50.6 Å². The van der Waals surface area contributed by atoms with E-state index < -0.39 is 5.54 Å². The highest BCUT2D eigenvalue weighted by Crippen LogP contribution is 2.42. The van der Waals surface area contributed by atoms with Gasteiger partial charge in [-0.1, -0.05) is 23.7 Å². The van der Waals surface area contributed by atoms with Gasteiger partial charge in [0.15, 0.2) is 0 Å². The number of rotatable bonds is 3. The van der Waals surface area contributed by atoms with E-state index >= 15 is 0 Å². The average molecular weight is 347 g/mol. The highest BCUT2D eigenvalue weighted by molar-refractivity contribution is 6.30. The fraction of sp³-hybridized carbons (Fsp3) is 0.579. The Labute approximate surface area is 147 Å². The lowest BCUT2D eigenvalue weighted by atomic mass is 9.85. The molecule has 0 N–H and O–H groups in total. The zero-order valence-electron chi connectivity index (χ0n) is 13.8. The predicted molar refractivity (Wildman–Crippen MR) is 92.8 cm³/mol. The molecule has 1 aromatic rings. The highest BCUT2D eigenvalue weighted by Gasteiger charge is 2.54. The number of amides is 2. The average Bonchev–Trinajstić information content (AvgIpc) is 3.30. The van der Waals surface area contributed by atoms with Crippen molar-refractivity contribution in [2.75, 3.05) is 13.1 Å². The van der Waals surface area contributed by atoms with Crippen LogP contribution in [0.3, 0.4) is 0 Å². The van der Waals surface area contributed by atoms with Gasteiger partial charge in [0, 0.05) is 24.2 Å². The molecule has 1 saturated carbocycles. The fourth-order valence-corrected chi connectivity index (χ4v) is 4.61. The SMILES string of the molecule is O=C(Cc1cccc(Cl)c1)N1CCCC12CCCN(C1CC1)C2=O. The van der Waals surface area contributed by atoms with Gasteiger partial charge in [-0.15, -0.1) is 0 Å². The lowest BCUT2D eigenvalue weighted by molar-refractivity contribution is -0.155. The Kier molecular flexibility index (Phi) is 4.03. The van der Waals surface area contributed by atoms with Crippen LogP contribution in [-0.2, 0) is 16.0 Å². The van der Waals surface area contributed by atoms with Gasteiger partial charge in [-0.2, -0.15) is 0 Å². The molecule has 1 aromatic carbocycles. The smallest absolute Gasteiger partial charge is 0.248 e. The van der Waals surface area contributed by atoms with Gasteiger partial charge in [0.25, 0.3) is 0 Å². The first-order valence-electron chi connectivity index (χ1n) is 8.96. The van der Waals surface area contributed by atoms with Crippen LogP contribution in [0.15, 0.2) is 24.3 Å². The molecule has 2 amide bonds. The second-order valence-corrected chi connectivity index (χ2v) is 7.76. The van der Waals surface area contributed by atoms with Crippen molar-refractivity contribution in [3.8, 4) is 0 Å². The zero-order chi connectivity index (χ0) is 16.7. The van der Waals surface area contributed by atoms with Crippen molar-refractivity contribution in [3.63, 3.8) is 0 Å². The first kappa shape index (κ1) is 15.9. The molecule has 1 spiro atoms. The molecular formula is C19H23ClN2O2. The molecule has 2 heterocycles. The van der Waals surface area contributed by atoms with Crippen LogP contribution in [0.2, 0.25) is 5.02 Å². The lowest BCUT2D eigenvalue weighted by Crippen LogP contribution is -2.62. The summed E-state index contributed by atoms with van der Waals surface area (Å²) in [6, 6.07) is 7.86. The monoisotopic (exact) mass is 346 g/mol. The Hall–Kier alpha value is -1.55. The molecule has 2 saturated heterocycles. The van der Waals surface area contributed by atoms with Crippen molar-refractivity contribution in [3.05, 3.63) is 34.9 Å². The van der Waals surface area contributed by atoms with E-state index in [2.05, 4.69) is 4.90 Å². The van der Waals surface area contributed by atoms with Crippen molar-refractivity contribution in [1.29, 1.82) is 0 Å². The zero-order valence-corrected chi connectivity index (χ0v) is 14.6. The molecular weight excluding hydrogens is 324 g/mol. The van der Waals surface area contributed by atoms with Crippen LogP contribution in [0.5, 0.6) is 0 Å². The van der Waals surface area contributed by atoms with Crippen LogP contribution in [0.1, 0.15) is 44.1 Å². The van der Waals surface area contributed by atoms with Crippen LogP contribution in [0, 0.1) is 0 Å². The minimum Gasteiger partial charge on any atom is -0.338 e. The summed E-state index contributed by atoms with van der Waals surface area (Å²) in [5.41, 5.74) is 0.341. The molecule has 0 radical (unpaired) electrons. The summed E-state index contributed by atoms with van der Waals surface area (Å²) < 4.78 is 0. The van der Waals surface area contributed by atoms with E-state index in [1.165, 1.54) is 0 Å². The van der Waals surface area contributed by atoms with Crippen molar-refractivity contribution in [2.45, 2.75) is 56.5 Å². The van der Waals surface area contributed by atoms with E-state index in [4.69, 9.17) is 11.6 Å². The summed E-state index contributed by atoms with van der Waals surface area (Å²) in [7, 11) is 0.